The van der Waals surface area contributed by atoms with Crippen molar-refractivity contribution in [2.24, 2.45) is 16.8 Å². The standard InChI is InChI=1S/C14H22N4O2/c1-10(2)7-17-13(19)9-16-8-11-5-3-4-6-12(11)14(15)18-20/h3-6,10,16,20H,7-9H2,1-2H3,(H2,15,18)(H,17,19). The van der Waals surface area contributed by atoms with Gasteiger partial charge in [-0.3, -0.25) is 4.79 Å². The molecule has 0 unspecified atom stereocenters. The Hall–Kier alpha value is -2.08. The van der Waals surface area contributed by atoms with Gasteiger partial charge in [0.05, 0.1) is 6.54 Å². The molecular formula is C14H22N4O2. The maximum Gasteiger partial charge on any atom is 0.233 e. The van der Waals surface area contributed by atoms with Gasteiger partial charge in [0.1, 0.15) is 0 Å². The molecule has 0 saturated carbocycles. The van der Waals surface area contributed by atoms with Gasteiger partial charge >= 0.3 is 0 Å². The van der Waals surface area contributed by atoms with Crippen LogP contribution in [-0.4, -0.2) is 30.0 Å². The zero-order valence-corrected chi connectivity index (χ0v) is 11.9. The van der Waals surface area contributed by atoms with Crippen LogP contribution in [0.1, 0.15) is 25.0 Å². The van der Waals surface area contributed by atoms with Crippen molar-refractivity contribution < 1.29 is 10.0 Å². The highest BCUT2D eigenvalue weighted by molar-refractivity contribution is 5.98. The highest BCUT2D eigenvalue weighted by Gasteiger charge is 2.07. The Balaban J connectivity index is 2.48. The minimum atomic E-state index is -0.0417. The molecule has 0 spiro atoms. The van der Waals surface area contributed by atoms with Gasteiger partial charge in [-0.2, -0.15) is 0 Å². The van der Waals surface area contributed by atoms with E-state index in [0.29, 0.717) is 24.6 Å². The molecule has 0 aromatic heterocycles. The van der Waals surface area contributed by atoms with E-state index in [-0.39, 0.29) is 18.3 Å². The first-order valence-electron chi connectivity index (χ1n) is 6.57. The number of hydrogen-bond acceptors (Lipinski definition) is 4. The van der Waals surface area contributed by atoms with Gasteiger partial charge in [0.25, 0.3) is 0 Å². The molecule has 1 aromatic carbocycles. The molecule has 0 aliphatic heterocycles. The van der Waals surface area contributed by atoms with E-state index in [1.165, 1.54) is 0 Å². The number of carbonyl (C=O) groups excluding carboxylic acids is 1. The maximum atomic E-state index is 11.6. The summed E-state index contributed by atoms with van der Waals surface area (Å²) in [6, 6.07) is 7.31. The molecule has 0 heterocycles. The van der Waals surface area contributed by atoms with Crippen LogP contribution in [0.25, 0.3) is 0 Å². The van der Waals surface area contributed by atoms with Gasteiger partial charge < -0.3 is 21.6 Å². The second-order valence-corrected chi connectivity index (χ2v) is 4.94. The van der Waals surface area contributed by atoms with Crippen LogP contribution in [0.3, 0.4) is 0 Å². The number of amidine groups is 1. The number of hydrogen-bond donors (Lipinski definition) is 4. The van der Waals surface area contributed by atoms with Crippen molar-refractivity contribution in [3.05, 3.63) is 35.4 Å². The van der Waals surface area contributed by atoms with Gasteiger partial charge in [0, 0.05) is 18.7 Å². The molecule has 6 nitrogen and oxygen atoms in total. The molecule has 0 radical (unpaired) electrons. The third kappa shape index (κ3) is 5.27. The molecule has 0 fully saturated rings. The fraction of sp³-hybridized carbons (Fsp3) is 0.429. The molecule has 20 heavy (non-hydrogen) atoms. The normalized spacial score (nSPS) is 11.7. The van der Waals surface area contributed by atoms with Gasteiger partial charge in [-0.15, -0.1) is 0 Å². The van der Waals surface area contributed by atoms with Crippen LogP contribution >= 0.6 is 0 Å². The lowest BCUT2D eigenvalue weighted by atomic mass is 10.1. The van der Waals surface area contributed by atoms with Crippen LogP contribution in [0, 0.1) is 5.92 Å². The number of nitrogens with one attached hydrogen (secondary N) is 2. The van der Waals surface area contributed by atoms with Crippen LogP contribution in [0.5, 0.6) is 0 Å². The molecule has 1 rings (SSSR count). The van der Waals surface area contributed by atoms with Crippen LogP contribution in [0.15, 0.2) is 29.4 Å². The lowest BCUT2D eigenvalue weighted by Crippen LogP contribution is -2.35. The van der Waals surface area contributed by atoms with Gasteiger partial charge in [-0.25, -0.2) is 0 Å². The van der Waals surface area contributed by atoms with E-state index in [1.807, 2.05) is 32.0 Å². The molecule has 1 amide bonds. The molecule has 1 aromatic rings. The Bertz CT molecular complexity index is 472. The zero-order valence-electron chi connectivity index (χ0n) is 11.9. The van der Waals surface area contributed by atoms with E-state index < -0.39 is 0 Å². The topological polar surface area (TPSA) is 99.7 Å². The highest BCUT2D eigenvalue weighted by Crippen LogP contribution is 2.07. The molecule has 6 heteroatoms. The average molecular weight is 278 g/mol. The Labute approximate surface area is 119 Å². The van der Waals surface area contributed by atoms with E-state index in [2.05, 4.69) is 15.8 Å². The van der Waals surface area contributed by atoms with E-state index in [0.717, 1.165) is 5.56 Å². The highest BCUT2D eigenvalue weighted by atomic mass is 16.4. The van der Waals surface area contributed by atoms with Crippen molar-refractivity contribution in [2.45, 2.75) is 20.4 Å². The Morgan fingerprint density at radius 1 is 1.40 bits per heavy atom. The summed E-state index contributed by atoms with van der Waals surface area (Å²) in [5.41, 5.74) is 7.13. The fourth-order valence-corrected chi connectivity index (χ4v) is 1.67. The predicted octanol–water partition coefficient (Wildman–Crippen LogP) is 0.643. The van der Waals surface area contributed by atoms with Crippen molar-refractivity contribution in [1.82, 2.24) is 10.6 Å². The lowest BCUT2D eigenvalue weighted by molar-refractivity contribution is -0.120. The number of amides is 1. The fourth-order valence-electron chi connectivity index (χ4n) is 1.67. The SMILES string of the molecule is CC(C)CNC(=O)CNCc1ccccc1/C(N)=N/O. The second-order valence-electron chi connectivity index (χ2n) is 4.94. The first-order chi connectivity index (χ1) is 9.54. The summed E-state index contributed by atoms with van der Waals surface area (Å²) in [6.45, 7) is 5.46. The molecule has 0 saturated heterocycles. The summed E-state index contributed by atoms with van der Waals surface area (Å²) in [5.74, 6) is 0.451. The summed E-state index contributed by atoms with van der Waals surface area (Å²) >= 11 is 0. The van der Waals surface area contributed by atoms with Gasteiger partial charge in [-0.05, 0) is 11.5 Å². The molecule has 5 N–H and O–H groups in total. The van der Waals surface area contributed by atoms with Gasteiger partial charge in [0.2, 0.25) is 5.91 Å². The Kier molecular flexibility index (Phi) is 6.52. The van der Waals surface area contributed by atoms with Crippen molar-refractivity contribution in [2.75, 3.05) is 13.1 Å². The molecular weight excluding hydrogens is 256 g/mol. The van der Waals surface area contributed by atoms with E-state index in [1.54, 1.807) is 6.07 Å². The zero-order chi connectivity index (χ0) is 15.0. The summed E-state index contributed by atoms with van der Waals surface area (Å²) in [5, 5.41) is 17.6. The second kappa shape index (κ2) is 8.16. The Morgan fingerprint density at radius 3 is 2.75 bits per heavy atom. The maximum absolute atomic E-state index is 11.6. The van der Waals surface area contributed by atoms with Crippen LogP contribution in [0.4, 0.5) is 0 Å². The minimum Gasteiger partial charge on any atom is -0.409 e. The van der Waals surface area contributed by atoms with E-state index in [4.69, 9.17) is 10.9 Å². The number of rotatable bonds is 7. The number of benzene rings is 1. The van der Waals surface area contributed by atoms with Gasteiger partial charge in [-0.1, -0.05) is 43.3 Å². The smallest absolute Gasteiger partial charge is 0.233 e. The monoisotopic (exact) mass is 278 g/mol. The van der Waals surface area contributed by atoms with Crippen molar-refractivity contribution >= 4 is 11.7 Å². The van der Waals surface area contributed by atoms with Gasteiger partial charge in [0.15, 0.2) is 5.84 Å². The molecule has 0 aliphatic carbocycles. The summed E-state index contributed by atoms with van der Waals surface area (Å²) < 4.78 is 0. The third-order valence-corrected chi connectivity index (χ3v) is 2.71. The first kappa shape index (κ1) is 16.0. The summed E-state index contributed by atoms with van der Waals surface area (Å²) in [4.78, 5) is 11.6. The molecule has 0 aliphatic rings. The third-order valence-electron chi connectivity index (χ3n) is 2.71. The average Bonchev–Trinajstić information content (AvgIpc) is 2.45. The number of oxime groups is 1. The molecule has 0 atom stereocenters. The van der Waals surface area contributed by atoms with Crippen molar-refractivity contribution in [1.29, 1.82) is 0 Å². The van der Waals surface area contributed by atoms with Crippen LogP contribution in [0.2, 0.25) is 0 Å². The quantitative estimate of drug-likeness (QED) is 0.254. The summed E-state index contributed by atoms with van der Waals surface area (Å²) in [6.07, 6.45) is 0. The predicted molar refractivity (Wildman–Crippen MR) is 78.5 cm³/mol. The molecule has 110 valence electrons. The van der Waals surface area contributed by atoms with Crippen molar-refractivity contribution in [3.63, 3.8) is 0 Å². The number of carbonyl (C=O) groups is 1. The number of nitrogens with zero attached hydrogens (tertiary/aromatic N) is 1. The largest absolute Gasteiger partial charge is 0.409 e. The minimum absolute atomic E-state index is 0.0417. The van der Waals surface area contributed by atoms with Crippen LogP contribution in [-0.2, 0) is 11.3 Å². The van der Waals surface area contributed by atoms with E-state index >= 15 is 0 Å². The molecule has 0 bridgehead atoms. The van der Waals surface area contributed by atoms with Crippen LogP contribution < -0.4 is 16.4 Å². The number of nitrogens with two attached hydrogens (primary N) is 1. The van der Waals surface area contributed by atoms with E-state index in [9.17, 15) is 4.79 Å². The Morgan fingerprint density at radius 2 is 2.10 bits per heavy atom. The summed E-state index contributed by atoms with van der Waals surface area (Å²) in [7, 11) is 0. The first-order valence-corrected chi connectivity index (χ1v) is 6.57. The lowest BCUT2D eigenvalue weighted by Gasteiger charge is -2.10. The van der Waals surface area contributed by atoms with Crippen molar-refractivity contribution in [3.8, 4) is 0 Å².